The summed E-state index contributed by atoms with van der Waals surface area (Å²) in [6.07, 6.45) is 2.94. The second-order valence-corrected chi connectivity index (χ2v) is 9.00. The number of hydrogen-bond donors (Lipinski definition) is 1. The first kappa shape index (κ1) is 21.1. The summed E-state index contributed by atoms with van der Waals surface area (Å²) in [5.74, 6) is 0.248. The minimum Gasteiger partial charge on any atom is -0.507 e. The van der Waals surface area contributed by atoms with E-state index in [0.717, 1.165) is 49.6 Å². The van der Waals surface area contributed by atoms with Gasteiger partial charge in [-0.3, -0.25) is 4.99 Å². The van der Waals surface area contributed by atoms with Crippen LogP contribution in [0.2, 0.25) is 0 Å². The summed E-state index contributed by atoms with van der Waals surface area (Å²) in [5.41, 5.74) is 8.52. The molecule has 3 nitrogen and oxygen atoms in total. The number of aromatic nitrogens is 1. The zero-order valence-corrected chi connectivity index (χ0v) is 19.4. The van der Waals surface area contributed by atoms with Crippen molar-refractivity contribution in [2.75, 3.05) is 0 Å². The molecule has 162 valence electrons. The van der Waals surface area contributed by atoms with Gasteiger partial charge in [0.15, 0.2) is 0 Å². The van der Waals surface area contributed by atoms with Crippen molar-refractivity contribution in [1.29, 1.82) is 0 Å². The number of benzene rings is 4. The number of aryl methyl sites for hydroxylation is 2. The third kappa shape index (κ3) is 4.18. The van der Waals surface area contributed by atoms with E-state index in [0.29, 0.717) is 0 Å². The molecule has 0 bridgehead atoms. The first-order valence-corrected chi connectivity index (χ1v) is 11.9. The Morgan fingerprint density at radius 1 is 0.879 bits per heavy atom. The van der Waals surface area contributed by atoms with Crippen LogP contribution in [-0.4, -0.2) is 16.3 Å². The molecule has 1 heterocycles. The van der Waals surface area contributed by atoms with Crippen LogP contribution in [0, 0.1) is 6.92 Å². The summed E-state index contributed by atoms with van der Waals surface area (Å²) in [6.45, 7) is 4.29. The van der Waals surface area contributed by atoms with Crippen molar-refractivity contribution in [2.45, 2.75) is 20.3 Å². The van der Waals surface area contributed by atoms with Crippen LogP contribution in [0.25, 0.3) is 31.9 Å². The van der Waals surface area contributed by atoms with Gasteiger partial charge in [-0.05, 0) is 65.9 Å². The third-order valence-corrected chi connectivity index (χ3v) is 6.99. The number of hydrogen-bond acceptors (Lipinski definition) is 4. The van der Waals surface area contributed by atoms with E-state index < -0.39 is 0 Å². The Bertz CT molecular complexity index is 1480. The average molecular weight is 449 g/mol. The molecule has 0 spiro atoms. The van der Waals surface area contributed by atoms with Crippen molar-refractivity contribution in [3.05, 3.63) is 102 Å². The topological polar surface area (TPSA) is 45.5 Å². The van der Waals surface area contributed by atoms with E-state index in [-0.39, 0.29) is 5.75 Å². The quantitative estimate of drug-likeness (QED) is 0.277. The van der Waals surface area contributed by atoms with Crippen molar-refractivity contribution in [3.63, 3.8) is 0 Å². The van der Waals surface area contributed by atoms with E-state index >= 15 is 0 Å². The summed E-state index contributed by atoms with van der Waals surface area (Å²) in [5, 5.41) is 11.1. The largest absolute Gasteiger partial charge is 0.507 e. The maximum atomic E-state index is 10.3. The van der Waals surface area contributed by atoms with Crippen LogP contribution in [0.5, 0.6) is 5.75 Å². The predicted molar refractivity (Wildman–Crippen MR) is 140 cm³/mol. The number of aromatic hydroxyl groups is 1. The molecule has 33 heavy (non-hydrogen) atoms. The number of aliphatic imine (C=N–C) groups is 1. The van der Waals surface area contributed by atoms with Crippen LogP contribution in [-0.2, 0) is 6.42 Å². The lowest BCUT2D eigenvalue weighted by Gasteiger charge is -2.08. The standard InChI is InChI=1S/C29H24N2OS/c1-3-20-9-4-5-10-21(20)18-30-22-16-15-19(2)25(17-22)23-12-8-13-26-28(23)33-29(31-26)24-11-6-7-14-27(24)32/h4-18,32H,3H2,1-2H3. The molecule has 0 saturated carbocycles. The third-order valence-electron chi connectivity index (χ3n) is 5.85. The second kappa shape index (κ2) is 9.00. The number of fused-ring (bicyclic) bond motifs is 1. The maximum Gasteiger partial charge on any atom is 0.128 e. The molecule has 5 rings (SSSR count). The molecular formula is C29H24N2OS. The highest BCUT2D eigenvalue weighted by molar-refractivity contribution is 7.22. The van der Waals surface area contributed by atoms with Gasteiger partial charge in [0, 0.05) is 11.8 Å². The number of para-hydroxylation sites is 1. The van der Waals surface area contributed by atoms with Crippen LogP contribution >= 0.6 is 11.3 Å². The fourth-order valence-corrected chi connectivity index (χ4v) is 5.16. The first-order valence-electron chi connectivity index (χ1n) is 11.0. The molecule has 1 aromatic heterocycles. The van der Waals surface area contributed by atoms with Gasteiger partial charge >= 0.3 is 0 Å². The molecule has 0 saturated heterocycles. The van der Waals surface area contributed by atoms with Gasteiger partial charge in [-0.2, -0.15) is 0 Å². The summed E-state index contributed by atoms with van der Waals surface area (Å²) < 4.78 is 1.11. The Balaban J connectivity index is 1.57. The van der Waals surface area contributed by atoms with E-state index in [1.807, 2.05) is 42.6 Å². The molecule has 0 radical (unpaired) electrons. The van der Waals surface area contributed by atoms with Crippen molar-refractivity contribution >= 4 is 33.5 Å². The van der Waals surface area contributed by atoms with Gasteiger partial charge in [0.1, 0.15) is 10.8 Å². The van der Waals surface area contributed by atoms with Gasteiger partial charge in [0.2, 0.25) is 0 Å². The SMILES string of the molecule is CCc1ccccc1C=Nc1ccc(C)c(-c2cccc3nc(-c4ccccc4O)sc23)c1. The fraction of sp³-hybridized carbons (Fsp3) is 0.103. The van der Waals surface area contributed by atoms with Crippen LogP contribution in [0.15, 0.2) is 89.9 Å². The molecule has 0 fully saturated rings. The molecule has 0 atom stereocenters. The Hall–Kier alpha value is -3.76. The van der Waals surface area contributed by atoms with Crippen molar-refractivity contribution in [3.8, 4) is 27.4 Å². The van der Waals surface area contributed by atoms with Crippen LogP contribution < -0.4 is 0 Å². The molecule has 0 amide bonds. The van der Waals surface area contributed by atoms with E-state index in [2.05, 4.69) is 56.3 Å². The minimum absolute atomic E-state index is 0.248. The maximum absolute atomic E-state index is 10.3. The lowest BCUT2D eigenvalue weighted by molar-refractivity contribution is 0.477. The van der Waals surface area contributed by atoms with E-state index in [1.54, 1.807) is 17.4 Å². The summed E-state index contributed by atoms with van der Waals surface area (Å²) >= 11 is 1.61. The zero-order valence-electron chi connectivity index (χ0n) is 18.6. The first-order chi connectivity index (χ1) is 16.1. The normalized spacial score (nSPS) is 11.5. The number of rotatable bonds is 5. The van der Waals surface area contributed by atoms with Gasteiger partial charge in [-0.15, -0.1) is 11.3 Å². The van der Waals surface area contributed by atoms with Crippen LogP contribution in [0.1, 0.15) is 23.6 Å². The molecular weight excluding hydrogens is 424 g/mol. The van der Waals surface area contributed by atoms with Crippen LogP contribution in [0.4, 0.5) is 5.69 Å². The number of phenolic OH excluding ortho intramolecular Hbond substituents is 1. The van der Waals surface area contributed by atoms with Gasteiger partial charge in [0.25, 0.3) is 0 Å². The number of thiazole rings is 1. The fourth-order valence-electron chi connectivity index (χ4n) is 4.04. The number of nitrogens with zero attached hydrogens (tertiary/aromatic N) is 2. The highest BCUT2D eigenvalue weighted by atomic mass is 32.1. The summed E-state index contributed by atoms with van der Waals surface area (Å²) in [4.78, 5) is 9.59. The van der Waals surface area contributed by atoms with Gasteiger partial charge in [-0.25, -0.2) is 4.98 Å². The van der Waals surface area contributed by atoms with E-state index in [1.165, 1.54) is 11.1 Å². The summed E-state index contributed by atoms with van der Waals surface area (Å²) in [6, 6.07) is 28.3. The molecule has 0 aliphatic rings. The van der Waals surface area contributed by atoms with Gasteiger partial charge in [0.05, 0.1) is 21.5 Å². The zero-order chi connectivity index (χ0) is 22.8. The van der Waals surface area contributed by atoms with Crippen molar-refractivity contribution < 1.29 is 5.11 Å². The molecule has 0 aliphatic carbocycles. The van der Waals surface area contributed by atoms with E-state index in [4.69, 9.17) is 9.98 Å². The smallest absolute Gasteiger partial charge is 0.128 e. The monoisotopic (exact) mass is 448 g/mol. The molecule has 5 aromatic rings. The lowest BCUT2D eigenvalue weighted by Crippen LogP contribution is -1.90. The van der Waals surface area contributed by atoms with Crippen LogP contribution in [0.3, 0.4) is 0 Å². The van der Waals surface area contributed by atoms with E-state index in [9.17, 15) is 5.11 Å². The predicted octanol–water partition coefficient (Wildman–Crippen LogP) is 7.96. The molecule has 0 aliphatic heterocycles. The Kier molecular flexibility index (Phi) is 5.76. The molecule has 1 N–H and O–H groups in total. The second-order valence-electron chi connectivity index (χ2n) is 8.00. The van der Waals surface area contributed by atoms with Crippen molar-refractivity contribution in [1.82, 2.24) is 4.98 Å². The number of phenols is 1. The lowest BCUT2D eigenvalue weighted by atomic mass is 9.99. The Morgan fingerprint density at radius 3 is 2.52 bits per heavy atom. The van der Waals surface area contributed by atoms with Gasteiger partial charge < -0.3 is 5.11 Å². The summed E-state index contributed by atoms with van der Waals surface area (Å²) in [7, 11) is 0. The Labute approximate surface area is 197 Å². The minimum atomic E-state index is 0.248. The molecule has 4 heteroatoms. The average Bonchev–Trinajstić information content (AvgIpc) is 3.28. The highest BCUT2D eigenvalue weighted by Gasteiger charge is 2.14. The Morgan fingerprint density at radius 2 is 1.67 bits per heavy atom. The van der Waals surface area contributed by atoms with Crippen molar-refractivity contribution in [2.24, 2.45) is 4.99 Å². The molecule has 4 aromatic carbocycles. The highest BCUT2D eigenvalue weighted by Crippen LogP contribution is 2.40. The van der Waals surface area contributed by atoms with Gasteiger partial charge in [-0.1, -0.05) is 61.5 Å². The molecule has 0 unspecified atom stereocenters.